The second-order valence-electron chi connectivity index (χ2n) is 4.13. The lowest BCUT2D eigenvalue weighted by molar-refractivity contribution is -0.156. The number of ether oxygens (including phenoxy) is 2. The molecule has 1 aliphatic heterocycles. The minimum atomic E-state index is -0.986. The van der Waals surface area contributed by atoms with E-state index in [0.717, 1.165) is 6.42 Å². The van der Waals surface area contributed by atoms with Crippen LogP contribution >= 0.6 is 0 Å². The first-order chi connectivity index (χ1) is 8.63. The molecule has 1 fully saturated rings. The first kappa shape index (κ1) is 14.9. The Bertz CT molecular complexity index is 285. The fraction of sp³-hybridized carbons (Fsp3) is 0.818. The average Bonchev–Trinajstić information content (AvgIpc) is 2.35. The molecule has 1 saturated heterocycles. The summed E-state index contributed by atoms with van der Waals surface area (Å²) >= 11 is 0. The van der Waals surface area contributed by atoms with Gasteiger partial charge in [-0.2, -0.15) is 0 Å². The number of carbonyl (C=O) groups is 2. The Morgan fingerprint density at radius 3 is 3.00 bits per heavy atom. The molecule has 0 aromatic heterocycles. The Balaban J connectivity index is 2.20. The van der Waals surface area contributed by atoms with Gasteiger partial charge in [0.25, 0.3) is 0 Å². The van der Waals surface area contributed by atoms with Crippen LogP contribution < -0.4 is 5.32 Å². The fourth-order valence-corrected chi connectivity index (χ4v) is 1.70. The lowest BCUT2D eigenvalue weighted by Gasteiger charge is -2.30. The van der Waals surface area contributed by atoms with Crippen molar-refractivity contribution in [3.63, 3.8) is 0 Å². The van der Waals surface area contributed by atoms with Crippen molar-refractivity contribution in [1.82, 2.24) is 10.2 Å². The van der Waals surface area contributed by atoms with E-state index in [4.69, 9.17) is 14.6 Å². The van der Waals surface area contributed by atoms with E-state index >= 15 is 0 Å². The van der Waals surface area contributed by atoms with E-state index in [1.165, 1.54) is 0 Å². The summed E-state index contributed by atoms with van der Waals surface area (Å²) in [5.41, 5.74) is 0. The zero-order valence-corrected chi connectivity index (χ0v) is 10.6. The lowest BCUT2D eigenvalue weighted by atomic mass is 10.2. The summed E-state index contributed by atoms with van der Waals surface area (Å²) in [6, 6.07) is 0. The highest BCUT2D eigenvalue weighted by Gasteiger charge is 2.26. The predicted octanol–water partition coefficient (Wildman–Crippen LogP) is -1.08. The third-order valence-electron chi connectivity index (χ3n) is 2.64. The van der Waals surface area contributed by atoms with Gasteiger partial charge in [-0.3, -0.25) is 9.69 Å². The Morgan fingerprint density at radius 1 is 1.56 bits per heavy atom. The maximum atomic E-state index is 11.6. The molecule has 0 aliphatic carbocycles. The summed E-state index contributed by atoms with van der Waals surface area (Å²) in [4.78, 5) is 24.1. The Morgan fingerprint density at radius 2 is 2.33 bits per heavy atom. The summed E-state index contributed by atoms with van der Waals surface area (Å²) in [7, 11) is 1.61. The number of rotatable bonds is 7. The molecule has 0 aromatic carbocycles. The van der Waals surface area contributed by atoms with Crippen LogP contribution in [0.3, 0.4) is 0 Å². The van der Waals surface area contributed by atoms with Gasteiger partial charge in [-0.05, 0) is 6.42 Å². The largest absolute Gasteiger partial charge is 0.479 e. The zero-order chi connectivity index (χ0) is 13.4. The van der Waals surface area contributed by atoms with E-state index in [1.54, 1.807) is 12.0 Å². The molecule has 1 aliphatic rings. The SMILES string of the molecule is COCCCNC(=O)CN1CCOC(C(=O)O)C1. The molecule has 0 bridgehead atoms. The van der Waals surface area contributed by atoms with Crippen LogP contribution in [-0.4, -0.2) is 74.5 Å². The minimum Gasteiger partial charge on any atom is -0.479 e. The number of morpholine rings is 1. The minimum absolute atomic E-state index is 0.0999. The van der Waals surface area contributed by atoms with E-state index in [9.17, 15) is 9.59 Å². The summed E-state index contributed by atoms with van der Waals surface area (Å²) in [5, 5.41) is 11.6. The fourth-order valence-electron chi connectivity index (χ4n) is 1.70. The number of hydrogen-bond acceptors (Lipinski definition) is 5. The number of hydrogen-bond donors (Lipinski definition) is 2. The van der Waals surface area contributed by atoms with Crippen LogP contribution in [0.2, 0.25) is 0 Å². The third kappa shape index (κ3) is 5.44. The van der Waals surface area contributed by atoms with Crippen LogP contribution in [0.1, 0.15) is 6.42 Å². The molecular weight excluding hydrogens is 240 g/mol. The highest BCUT2D eigenvalue weighted by atomic mass is 16.5. The van der Waals surface area contributed by atoms with Crippen molar-refractivity contribution in [3.8, 4) is 0 Å². The van der Waals surface area contributed by atoms with Crippen molar-refractivity contribution in [2.24, 2.45) is 0 Å². The quantitative estimate of drug-likeness (QED) is 0.566. The topological polar surface area (TPSA) is 88.1 Å². The maximum absolute atomic E-state index is 11.6. The van der Waals surface area contributed by atoms with Gasteiger partial charge < -0.3 is 19.9 Å². The van der Waals surface area contributed by atoms with Crippen molar-refractivity contribution < 1.29 is 24.2 Å². The smallest absolute Gasteiger partial charge is 0.334 e. The van der Waals surface area contributed by atoms with Crippen LogP contribution in [0.5, 0.6) is 0 Å². The molecule has 7 heteroatoms. The number of carbonyl (C=O) groups excluding carboxylic acids is 1. The van der Waals surface area contributed by atoms with Gasteiger partial charge in [0, 0.05) is 33.4 Å². The van der Waals surface area contributed by atoms with Crippen LogP contribution in [0.25, 0.3) is 0 Å². The van der Waals surface area contributed by atoms with Gasteiger partial charge in [-0.25, -0.2) is 4.79 Å². The predicted molar refractivity (Wildman–Crippen MR) is 63.3 cm³/mol. The van der Waals surface area contributed by atoms with Crippen molar-refractivity contribution in [2.75, 3.05) is 46.5 Å². The summed E-state index contributed by atoms with van der Waals surface area (Å²) in [6.45, 7) is 2.56. The first-order valence-corrected chi connectivity index (χ1v) is 5.96. The van der Waals surface area contributed by atoms with E-state index < -0.39 is 12.1 Å². The molecule has 1 amide bonds. The van der Waals surface area contributed by atoms with Gasteiger partial charge in [-0.15, -0.1) is 0 Å². The number of amides is 1. The van der Waals surface area contributed by atoms with Gasteiger partial charge >= 0.3 is 5.97 Å². The molecule has 0 aromatic rings. The second-order valence-corrected chi connectivity index (χ2v) is 4.13. The summed E-state index contributed by atoms with van der Waals surface area (Å²) in [6.07, 6.45) is -0.0663. The molecule has 7 nitrogen and oxygen atoms in total. The van der Waals surface area contributed by atoms with E-state index in [0.29, 0.717) is 26.3 Å². The number of carboxylic acids is 1. The summed E-state index contributed by atoms with van der Waals surface area (Å²) in [5.74, 6) is -1.09. The molecule has 0 spiro atoms. The van der Waals surface area contributed by atoms with Crippen molar-refractivity contribution in [2.45, 2.75) is 12.5 Å². The Hall–Kier alpha value is -1.18. The van der Waals surface area contributed by atoms with Crippen molar-refractivity contribution in [1.29, 1.82) is 0 Å². The molecular formula is C11H20N2O5. The molecule has 1 atom stereocenters. The van der Waals surface area contributed by atoms with Gasteiger partial charge in [0.15, 0.2) is 6.10 Å². The molecule has 1 heterocycles. The molecule has 0 saturated carbocycles. The zero-order valence-electron chi connectivity index (χ0n) is 10.6. The van der Waals surface area contributed by atoms with Gasteiger partial charge in [0.1, 0.15) is 0 Å². The molecule has 0 radical (unpaired) electrons. The first-order valence-electron chi connectivity index (χ1n) is 5.96. The molecule has 18 heavy (non-hydrogen) atoms. The number of methoxy groups -OCH3 is 1. The van der Waals surface area contributed by atoms with Crippen LogP contribution in [0.15, 0.2) is 0 Å². The average molecular weight is 260 g/mol. The van der Waals surface area contributed by atoms with E-state index in [1.807, 2.05) is 0 Å². The monoisotopic (exact) mass is 260 g/mol. The Labute approximate surface area is 106 Å². The van der Waals surface area contributed by atoms with Crippen molar-refractivity contribution >= 4 is 11.9 Å². The molecule has 1 unspecified atom stereocenters. The normalized spacial score (nSPS) is 20.6. The highest BCUT2D eigenvalue weighted by molar-refractivity contribution is 5.78. The maximum Gasteiger partial charge on any atom is 0.334 e. The molecule has 2 N–H and O–H groups in total. The highest BCUT2D eigenvalue weighted by Crippen LogP contribution is 2.04. The third-order valence-corrected chi connectivity index (χ3v) is 2.64. The van der Waals surface area contributed by atoms with Crippen LogP contribution in [0, 0.1) is 0 Å². The van der Waals surface area contributed by atoms with E-state index in [-0.39, 0.29) is 19.0 Å². The van der Waals surface area contributed by atoms with Crippen LogP contribution in [0.4, 0.5) is 0 Å². The summed E-state index contributed by atoms with van der Waals surface area (Å²) < 4.78 is 9.95. The van der Waals surface area contributed by atoms with Gasteiger partial charge in [-0.1, -0.05) is 0 Å². The number of nitrogens with zero attached hydrogens (tertiary/aromatic N) is 1. The van der Waals surface area contributed by atoms with Gasteiger partial charge in [0.2, 0.25) is 5.91 Å². The molecule has 1 rings (SSSR count). The van der Waals surface area contributed by atoms with Gasteiger partial charge in [0.05, 0.1) is 13.2 Å². The number of nitrogens with one attached hydrogen (secondary N) is 1. The standard InChI is InChI=1S/C11H20N2O5/c1-17-5-2-3-12-10(14)8-13-4-6-18-9(7-13)11(15)16/h9H,2-8H2,1H3,(H,12,14)(H,15,16). The van der Waals surface area contributed by atoms with Crippen molar-refractivity contribution in [3.05, 3.63) is 0 Å². The van der Waals surface area contributed by atoms with Crippen LogP contribution in [-0.2, 0) is 19.1 Å². The number of aliphatic carboxylic acids is 1. The van der Waals surface area contributed by atoms with E-state index in [2.05, 4.69) is 5.32 Å². The Kier molecular flexibility index (Phi) is 6.63. The second kappa shape index (κ2) is 8.02. The lowest BCUT2D eigenvalue weighted by Crippen LogP contribution is -2.49. The molecule has 104 valence electrons. The number of carboxylic acid groups (broad SMARTS) is 1.